The molecule has 0 aromatic heterocycles. The number of carbonyl (C=O) groups is 5. The Labute approximate surface area is 173 Å². The maximum atomic E-state index is 10.8. The van der Waals surface area contributed by atoms with Crippen molar-refractivity contribution in [1.29, 1.82) is 0 Å². The minimum atomic E-state index is -1.54. The van der Waals surface area contributed by atoms with E-state index >= 15 is 0 Å². The molecule has 0 aliphatic carbocycles. The molecule has 0 aromatic rings. The van der Waals surface area contributed by atoms with Gasteiger partial charge in [0.15, 0.2) is 0 Å². The minimum Gasteiger partial charge on any atom is -0.549 e. The Hall–Kier alpha value is -2.12. The van der Waals surface area contributed by atoms with E-state index in [9.17, 15) is 49.5 Å². The molecule has 0 fully saturated rings. The first-order chi connectivity index (χ1) is 12.5. The van der Waals surface area contributed by atoms with Gasteiger partial charge in [-0.15, -0.1) is 0 Å². The first kappa shape index (κ1) is 28.1. The summed E-state index contributed by atoms with van der Waals surface area (Å²) in [5.74, 6) is -7.67. The van der Waals surface area contributed by atoms with Crippen molar-refractivity contribution in [3.63, 3.8) is 0 Å². The molecule has 13 nitrogen and oxygen atoms in total. The Morgan fingerprint density at radius 2 is 0.607 bits per heavy atom. The predicted molar refractivity (Wildman–Crippen MR) is 74.4 cm³/mol. The van der Waals surface area contributed by atoms with Gasteiger partial charge >= 0.3 is 20.1 Å². The zero-order valence-corrected chi connectivity index (χ0v) is 16.5. The largest absolute Gasteiger partial charge is 4.00 e. The molecule has 0 atom stereocenters. The van der Waals surface area contributed by atoms with Gasteiger partial charge in [0, 0.05) is 58.9 Å². The number of carboxylic acid groups (broad SMARTS) is 5. The first-order valence-electron chi connectivity index (χ1n) is 7.66. The van der Waals surface area contributed by atoms with Crippen LogP contribution in [0.5, 0.6) is 0 Å². The zero-order chi connectivity index (χ0) is 21.0. The van der Waals surface area contributed by atoms with Crippen LogP contribution in [0.1, 0.15) is 0 Å². The Balaban J connectivity index is 0. The Kier molecular flexibility index (Phi) is 14.9. The van der Waals surface area contributed by atoms with Gasteiger partial charge in [0.25, 0.3) is 0 Å². The minimum absolute atomic E-state index is 0. The molecule has 0 unspecified atom stereocenters. The van der Waals surface area contributed by atoms with Gasteiger partial charge in [0.2, 0.25) is 0 Å². The number of rotatable bonds is 16. The maximum Gasteiger partial charge on any atom is 4.00 e. The first-order valence-corrected chi connectivity index (χ1v) is 7.66. The van der Waals surface area contributed by atoms with E-state index in [2.05, 4.69) is 0 Å². The number of carboxylic acids is 5. The molecule has 0 rings (SSSR count). The predicted octanol–water partition coefficient (Wildman–Crippen LogP) is -9.36. The standard InChI is InChI=1S/C14H23N3O10.Tc/c18-10(19)5-15(1-3-16(6-11(20)21)7-12(22)23)2-4-17(8-13(24)25)9-14(26)27;/h1-9H2,(H,18,19)(H,20,21)(H,22,23)(H,24,25)(H,26,27);/q;+4/p-5/i;1+1. The molecular weight excluding hydrogens is 469 g/mol. The van der Waals surface area contributed by atoms with E-state index < -0.39 is 62.6 Å². The summed E-state index contributed by atoms with van der Waals surface area (Å²) in [6.07, 6.45) is 0. The van der Waals surface area contributed by atoms with E-state index in [4.69, 9.17) is 0 Å². The van der Waals surface area contributed by atoms with Crippen molar-refractivity contribution in [1.82, 2.24) is 14.7 Å². The SMILES string of the molecule is O=C([O-])CN(CCN(CC(=O)[O-])CC(=O)[O-])CCN(CC(=O)[O-])CC(=O)[O-].[99Tc+4]. The van der Waals surface area contributed by atoms with E-state index in [1.165, 1.54) is 4.90 Å². The molecule has 0 bridgehead atoms. The van der Waals surface area contributed by atoms with Crippen LogP contribution >= 0.6 is 0 Å². The molecule has 0 amide bonds. The quantitative estimate of drug-likeness (QED) is 0.198. The van der Waals surface area contributed by atoms with E-state index in [0.717, 1.165) is 9.80 Å². The van der Waals surface area contributed by atoms with Crippen molar-refractivity contribution in [3.8, 4) is 0 Å². The number of nitrogens with zero attached hydrogens (tertiary/aromatic N) is 3. The average Bonchev–Trinajstić information content (AvgIpc) is 2.46. The number of carbonyl (C=O) groups excluding carboxylic acids is 5. The van der Waals surface area contributed by atoms with Crippen LogP contribution in [0.15, 0.2) is 0 Å². The van der Waals surface area contributed by atoms with Gasteiger partial charge in [-0.1, -0.05) is 0 Å². The van der Waals surface area contributed by atoms with E-state index in [1.807, 2.05) is 0 Å². The second-order valence-electron chi connectivity index (χ2n) is 5.56. The van der Waals surface area contributed by atoms with Crippen LogP contribution in [-0.2, 0) is 44.1 Å². The van der Waals surface area contributed by atoms with Crippen molar-refractivity contribution in [3.05, 3.63) is 0 Å². The molecule has 28 heavy (non-hydrogen) atoms. The van der Waals surface area contributed by atoms with Crippen LogP contribution in [0, 0.1) is 0 Å². The third-order valence-electron chi connectivity index (χ3n) is 3.23. The van der Waals surface area contributed by atoms with Crippen LogP contribution in [0.2, 0.25) is 0 Å². The van der Waals surface area contributed by atoms with Gasteiger partial charge in [0.05, 0.1) is 29.8 Å². The number of hydrogen-bond acceptors (Lipinski definition) is 13. The summed E-state index contributed by atoms with van der Waals surface area (Å²) < 4.78 is 0. The van der Waals surface area contributed by atoms with Gasteiger partial charge in [-0.3, -0.25) is 14.7 Å². The van der Waals surface area contributed by atoms with Crippen LogP contribution in [0.4, 0.5) is 0 Å². The van der Waals surface area contributed by atoms with Gasteiger partial charge in [-0.05, 0) is 0 Å². The third-order valence-corrected chi connectivity index (χ3v) is 3.23. The Morgan fingerprint density at radius 1 is 0.429 bits per heavy atom. The van der Waals surface area contributed by atoms with Crippen molar-refractivity contribution in [2.75, 3.05) is 58.9 Å². The van der Waals surface area contributed by atoms with E-state index in [-0.39, 0.29) is 46.3 Å². The van der Waals surface area contributed by atoms with Gasteiger partial charge in [0.1, 0.15) is 0 Å². The summed E-state index contributed by atoms with van der Waals surface area (Å²) in [5, 5.41) is 53.3. The maximum absolute atomic E-state index is 10.8. The summed E-state index contributed by atoms with van der Waals surface area (Å²) >= 11 is 0. The molecule has 0 aromatic carbocycles. The molecule has 0 heterocycles. The molecule has 0 aliphatic heterocycles. The van der Waals surface area contributed by atoms with Crippen molar-refractivity contribution in [2.45, 2.75) is 0 Å². The summed E-state index contributed by atoms with van der Waals surface area (Å²) in [6.45, 7) is -4.16. The van der Waals surface area contributed by atoms with Crippen molar-refractivity contribution in [2.24, 2.45) is 0 Å². The van der Waals surface area contributed by atoms with Gasteiger partial charge in [-0.2, -0.15) is 0 Å². The molecule has 0 saturated carbocycles. The molecule has 14 heteroatoms. The molecule has 0 spiro atoms. The molecule has 0 saturated heterocycles. The van der Waals surface area contributed by atoms with E-state index in [1.54, 1.807) is 0 Å². The second kappa shape index (κ2) is 14.9. The fourth-order valence-corrected chi connectivity index (χ4v) is 2.18. The second-order valence-corrected chi connectivity index (χ2v) is 5.56. The van der Waals surface area contributed by atoms with Crippen molar-refractivity contribution >= 4 is 29.8 Å². The Morgan fingerprint density at radius 3 is 0.821 bits per heavy atom. The molecule has 157 valence electrons. The van der Waals surface area contributed by atoms with Crippen LogP contribution in [0.25, 0.3) is 0 Å². The third kappa shape index (κ3) is 16.1. The molecule has 0 aliphatic rings. The zero-order valence-electron chi connectivity index (χ0n) is 14.7. The summed E-state index contributed by atoms with van der Waals surface area (Å²) in [4.78, 5) is 56.4. The summed E-state index contributed by atoms with van der Waals surface area (Å²) in [7, 11) is 0. The Bertz CT molecular complexity index is 487. The summed E-state index contributed by atoms with van der Waals surface area (Å²) in [6, 6.07) is 0. The monoisotopic (exact) mass is 487 g/mol. The molecular formula is C14H18N3O10Tc-. The van der Waals surface area contributed by atoms with Crippen LogP contribution < -0.4 is 25.5 Å². The fraction of sp³-hybridized carbons (Fsp3) is 0.643. The molecule has 0 N–H and O–H groups in total. The topological polar surface area (TPSA) is 210 Å². The van der Waals surface area contributed by atoms with E-state index in [0.29, 0.717) is 0 Å². The number of aliphatic carboxylic acids is 5. The van der Waals surface area contributed by atoms with Gasteiger partial charge < -0.3 is 49.5 Å². The average molecular weight is 487 g/mol. The van der Waals surface area contributed by atoms with Crippen LogP contribution in [-0.4, -0.2) is 103 Å². The fourth-order valence-electron chi connectivity index (χ4n) is 2.18. The normalized spacial score (nSPS) is 10.7. The molecule has 1 radical (unpaired) electrons. The summed E-state index contributed by atoms with van der Waals surface area (Å²) in [5.41, 5.74) is 0. The smallest absolute Gasteiger partial charge is 0.549 e. The van der Waals surface area contributed by atoms with Crippen molar-refractivity contribution < 1.29 is 69.6 Å². The number of hydrogen-bond donors (Lipinski definition) is 0. The van der Waals surface area contributed by atoms with Crippen LogP contribution in [0.3, 0.4) is 0 Å². The van der Waals surface area contributed by atoms with Gasteiger partial charge in [-0.25, -0.2) is 0 Å².